The Bertz CT molecular complexity index is 624. The number of ether oxygens (including phenoxy) is 1. The summed E-state index contributed by atoms with van der Waals surface area (Å²) in [5, 5.41) is 9.10. The molecule has 0 saturated carbocycles. The number of aryl methyl sites for hydroxylation is 1. The predicted molar refractivity (Wildman–Crippen MR) is 97.2 cm³/mol. The van der Waals surface area contributed by atoms with Crippen LogP contribution in [-0.4, -0.2) is 77.2 Å². The van der Waals surface area contributed by atoms with Gasteiger partial charge in [0.25, 0.3) is 5.91 Å². The molecule has 0 unspecified atom stereocenters. The number of rotatable bonds is 6. The second-order valence-corrected chi connectivity index (χ2v) is 7.20. The van der Waals surface area contributed by atoms with Gasteiger partial charge in [-0.15, -0.1) is 0 Å². The molecule has 7 heteroatoms. The number of piperidine rings is 1. The number of likely N-dealkylation sites (tertiary alicyclic amines) is 1. The highest BCUT2D eigenvalue weighted by atomic mass is 16.5. The van der Waals surface area contributed by atoms with Crippen LogP contribution in [0.1, 0.15) is 42.4 Å². The van der Waals surface area contributed by atoms with E-state index in [4.69, 9.17) is 9.84 Å². The standard InChI is InChI=1S/C19H29N3O4/c1-2-15-4-5-16(20-15)19(25)22-8-7-17(21-9-11-26-12-10-21)14(13-22)3-6-18(23)24/h4-5,14,17,20H,2-3,6-13H2,1H3,(H,23,24)/t14-,17+/m1/s1. The van der Waals surface area contributed by atoms with Gasteiger partial charge in [0.05, 0.1) is 13.2 Å². The molecule has 0 spiro atoms. The molecule has 3 heterocycles. The van der Waals surface area contributed by atoms with Crippen molar-refractivity contribution in [3.05, 3.63) is 23.5 Å². The lowest BCUT2D eigenvalue weighted by molar-refractivity contribution is -0.137. The number of morpholine rings is 1. The average Bonchev–Trinajstić information content (AvgIpc) is 3.15. The van der Waals surface area contributed by atoms with Crippen LogP contribution in [0, 0.1) is 5.92 Å². The van der Waals surface area contributed by atoms with Crippen molar-refractivity contribution in [1.29, 1.82) is 0 Å². The van der Waals surface area contributed by atoms with E-state index in [1.165, 1.54) is 0 Å². The highest BCUT2D eigenvalue weighted by molar-refractivity contribution is 5.92. The van der Waals surface area contributed by atoms with Gasteiger partial charge in [-0.05, 0) is 37.3 Å². The quantitative estimate of drug-likeness (QED) is 0.802. The maximum atomic E-state index is 12.8. The molecule has 2 N–H and O–H groups in total. The Morgan fingerprint density at radius 1 is 1.27 bits per heavy atom. The molecule has 2 atom stereocenters. The minimum absolute atomic E-state index is 0.0189. The lowest BCUT2D eigenvalue weighted by atomic mass is 9.86. The molecule has 1 aromatic rings. The summed E-state index contributed by atoms with van der Waals surface area (Å²) < 4.78 is 5.45. The van der Waals surface area contributed by atoms with Crippen LogP contribution >= 0.6 is 0 Å². The van der Waals surface area contributed by atoms with Crippen molar-refractivity contribution < 1.29 is 19.4 Å². The smallest absolute Gasteiger partial charge is 0.303 e. The van der Waals surface area contributed by atoms with E-state index in [-0.39, 0.29) is 18.2 Å². The Balaban J connectivity index is 1.68. The number of hydrogen-bond donors (Lipinski definition) is 2. The van der Waals surface area contributed by atoms with E-state index in [0.29, 0.717) is 31.2 Å². The summed E-state index contributed by atoms with van der Waals surface area (Å²) in [6.07, 6.45) is 2.51. The topological polar surface area (TPSA) is 85.9 Å². The first-order valence-electron chi connectivity index (χ1n) is 9.59. The molecule has 2 saturated heterocycles. The Morgan fingerprint density at radius 3 is 2.69 bits per heavy atom. The van der Waals surface area contributed by atoms with E-state index in [1.807, 2.05) is 17.0 Å². The van der Waals surface area contributed by atoms with Crippen molar-refractivity contribution in [2.75, 3.05) is 39.4 Å². The summed E-state index contributed by atoms with van der Waals surface area (Å²) >= 11 is 0. The van der Waals surface area contributed by atoms with Gasteiger partial charge in [0.15, 0.2) is 0 Å². The van der Waals surface area contributed by atoms with Crippen molar-refractivity contribution in [2.45, 2.75) is 38.6 Å². The van der Waals surface area contributed by atoms with E-state index >= 15 is 0 Å². The van der Waals surface area contributed by atoms with Crippen LogP contribution < -0.4 is 0 Å². The summed E-state index contributed by atoms with van der Waals surface area (Å²) in [7, 11) is 0. The molecule has 1 aromatic heterocycles. The van der Waals surface area contributed by atoms with Crippen molar-refractivity contribution in [3.63, 3.8) is 0 Å². The zero-order valence-electron chi connectivity index (χ0n) is 15.4. The number of H-pyrrole nitrogens is 1. The molecule has 0 radical (unpaired) electrons. The predicted octanol–water partition coefficient (Wildman–Crippen LogP) is 1.60. The van der Waals surface area contributed by atoms with Gasteiger partial charge in [-0.2, -0.15) is 0 Å². The Hall–Kier alpha value is -1.86. The first-order chi connectivity index (χ1) is 12.6. The monoisotopic (exact) mass is 363 g/mol. The molecule has 0 aliphatic carbocycles. The summed E-state index contributed by atoms with van der Waals surface area (Å²) in [6, 6.07) is 4.13. The molecule has 7 nitrogen and oxygen atoms in total. The van der Waals surface area contributed by atoms with Crippen molar-refractivity contribution in [2.24, 2.45) is 5.92 Å². The van der Waals surface area contributed by atoms with Crippen LogP contribution in [-0.2, 0) is 16.0 Å². The number of hydrogen-bond acceptors (Lipinski definition) is 4. The molecule has 2 aliphatic rings. The minimum atomic E-state index is -0.772. The third-order valence-electron chi connectivity index (χ3n) is 5.58. The molecule has 3 rings (SSSR count). The van der Waals surface area contributed by atoms with Gasteiger partial charge in [0, 0.05) is 44.3 Å². The molecule has 0 bridgehead atoms. The largest absolute Gasteiger partial charge is 0.481 e. The zero-order valence-corrected chi connectivity index (χ0v) is 15.4. The number of carboxylic acid groups (broad SMARTS) is 1. The lowest BCUT2D eigenvalue weighted by Crippen LogP contribution is -2.55. The first kappa shape index (κ1) is 18.9. The first-order valence-corrected chi connectivity index (χ1v) is 9.59. The fraction of sp³-hybridized carbons (Fsp3) is 0.684. The normalized spacial score (nSPS) is 24.6. The number of carboxylic acids is 1. The SMILES string of the molecule is CCc1ccc(C(=O)N2CC[C@H](N3CCOCC3)[C@H](CCC(=O)O)C2)[nH]1. The number of aromatic nitrogens is 1. The van der Waals surface area contributed by atoms with Crippen molar-refractivity contribution in [3.8, 4) is 0 Å². The highest BCUT2D eigenvalue weighted by Gasteiger charge is 2.36. The van der Waals surface area contributed by atoms with Crippen LogP contribution in [0.4, 0.5) is 0 Å². The molecule has 144 valence electrons. The minimum Gasteiger partial charge on any atom is -0.481 e. The average molecular weight is 363 g/mol. The van der Waals surface area contributed by atoms with Gasteiger partial charge in [-0.25, -0.2) is 0 Å². The van der Waals surface area contributed by atoms with E-state index in [9.17, 15) is 9.59 Å². The second-order valence-electron chi connectivity index (χ2n) is 7.20. The Morgan fingerprint density at radius 2 is 2.04 bits per heavy atom. The number of nitrogens with one attached hydrogen (secondary N) is 1. The van der Waals surface area contributed by atoms with Crippen LogP contribution in [0.2, 0.25) is 0 Å². The number of carbonyl (C=O) groups is 2. The third-order valence-corrected chi connectivity index (χ3v) is 5.58. The number of nitrogens with zero attached hydrogens (tertiary/aromatic N) is 2. The molecule has 0 aromatic carbocycles. The van der Waals surface area contributed by atoms with Gasteiger partial charge in [0.2, 0.25) is 0 Å². The molecule has 1 amide bonds. The lowest BCUT2D eigenvalue weighted by Gasteiger charge is -2.45. The Labute approximate surface area is 154 Å². The molecule has 2 fully saturated rings. The zero-order chi connectivity index (χ0) is 18.5. The fourth-order valence-corrected chi connectivity index (χ4v) is 4.13. The highest BCUT2D eigenvalue weighted by Crippen LogP contribution is 2.28. The fourth-order valence-electron chi connectivity index (χ4n) is 4.13. The van der Waals surface area contributed by atoms with E-state index < -0.39 is 5.97 Å². The van der Waals surface area contributed by atoms with Crippen LogP contribution in [0.3, 0.4) is 0 Å². The molecule has 2 aliphatic heterocycles. The molecular formula is C19H29N3O4. The van der Waals surface area contributed by atoms with Crippen molar-refractivity contribution >= 4 is 11.9 Å². The molecular weight excluding hydrogens is 334 g/mol. The summed E-state index contributed by atoms with van der Waals surface area (Å²) in [4.78, 5) is 31.4. The third kappa shape index (κ3) is 4.45. The van der Waals surface area contributed by atoms with E-state index in [0.717, 1.165) is 44.8 Å². The van der Waals surface area contributed by atoms with Crippen molar-refractivity contribution in [1.82, 2.24) is 14.8 Å². The summed E-state index contributed by atoms with van der Waals surface area (Å²) in [5.41, 5.74) is 1.68. The summed E-state index contributed by atoms with van der Waals surface area (Å²) in [6.45, 7) is 6.62. The maximum Gasteiger partial charge on any atom is 0.303 e. The van der Waals surface area contributed by atoms with Crippen LogP contribution in [0.25, 0.3) is 0 Å². The summed E-state index contributed by atoms with van der Waals surface area (Å²) in [5.74, 6) is -0.570. The number of aromatic amines is 1. The van der Waals surface area contributed by atoms with Gasteiger partial charge < -0.3 is 19.7 Å². The van der Waals surface area contributed by atoms with Gasteiger partial charge in [0.1, 0.15) is 5.69 Å². The number of aliphatic carboxylic acids is 1. The second kappa shape index (κ2) is 8.68. The van der Waals surface area contributed by atoms with E-state index in [2.05, 4.69) is 16.8 Å². The van der Waals surface area contributed by atoms with Crippen LogP contribution in [0.15, 0.2) is 12.1 Å². The number of carbonyl (C=O) groups excluding carboxylic acids is 1. The van der Waals surface area contributed by atoms with Gasteiger partial charge >= 0.3 is 5.97 Å². The van der Waals surface area contributed by atoms with Gasteiger partial charge in [-0.3, -0.25) is 14.5 Å². The molecule has 26 heavy (non-hydrogen) atoms. The van der Waals surface area contributed by atoms with Gasteiger partial charge in [-0.1, -0.05) is 6.92 Å². The maximum absolute atomic E-state index is 12.8. The Kier molecular flexibility index (Phi) is 6.32. The van der Waals surface area contributed by atoms with Crippen LogP contribution in [0.5, 0.6) is 0 Å². The van der Waals surface area contributed by atoms with E-state index in [1.54, 1.807) is 0 Å². The number of amides is 1.